The minimum Gasteiger partial charge on any atom is -0.481 e. The number of rotatable bonds is 2. The number of carboxylic acids is 2. The van der Waals surface area contributed by atoms with Gasteiger partial charge in [0.05, 0.1) is 6.61 Å². The highest BCUT2D eigenvalue weighted by atomic mass is 16.4. The van der Waals surface area contributed by atoms with E-state index in [2.05, 4.69) is 0 Å². The van der Waals surface area contributed by atoms with Gasteiger partial charge in [0.25, 0.3) is 5.97 Å². The molecule has 0 unspecified atom stereocenters. The van der Waals surface area contributed by atoms with Crippen molar-refractivity contribution in [3.63, 3.8) is 0 Å². The Morgan fingerprint density at radius 1 is 1.12 bits per heavy atom. The molecule has 100 valence electrons. The van der Waals surface area contributed by atoms with Gasteiger partial charge in [0.1, 0.15) is 5.54 Å². The molecule has 0 amide bonds. The van der Waals surface area contributed by atoms with Crippen LogP contribution in [-0.2, 0) is 9.59 Å². The Kier molecular flexibility index (Phi) is 5.53. The first kappa shape index (κ1) is 15.8. The van der Waals surface area contributed by atoms with Crippen molar-refractivity contribution in [2.45, 2.75) is 43.7 Å². The topological polar surface area (TPSA) is 147 Å². The SMILES string of the molecule is CC(=O)O.NC1(C(=O)O)CC1.NC1(CO)CC1. The summed E-state index contributed by atoms with van der Waals surface area (Å²) in [7, 11) is 0. The Bertz CT molecular complexity index is 280. The zero-order chi connectivity index (χ0) is 13.7. The second-order valence-electron chi connectivity index (χ2n) is 4.50. The minimum absolute atomic E-state index is 0.153. The van der Waals surface area contributed by atoms with E-state index in [-0.39, 0.29) is 12.1 Å². The van der Waals surface area contributed by atoms with Crippen LogP contribution in [0, 0.1) is 0 Å². The Hall–Kier alpha value is -1.18. The molecule has 2 fully saturated rings. The molecule has 0 atom stereocenters. The molecule has 0 aromatic carbocycles. The third kappa shape index (κ3) is 7.67. The first-order valence-electron chi connectivity index (χ1n) is 5.27. The van der Waals surface area contributed by atoms with Crippen molar-refractivity contribution in [2.75, 3.05) is 6.61 Å². The van der Waals surface area contributed by atoms with E-state index in [0.29, 0.717) is 12.8 Å². The molecular formula is C10H20N2O5. The van der Waals surface area contributed by atoms with E-state index >= 15 is 0 Å². The Balaban J connectivity index is 0.000000236. The van der Waals surface area contributed by atoms with Crippen molar-refractivity contribution < 1.29 is 24.9 Å². The molecular weight excluding hydrogens is 228 g/mol. The summed E-state index contributed by atoms with van der Waals surface area (Å²) in [5.41, 5.74) is 9.60. The van der Waals surface area contributed by atoms with Crippen LogP contribution >= 0.6 is 0 Å². The molecule has 0 radical (unpaired) electrons. The van der Waals surface area contributed by atoms with Gasteiger partial charge in [-0.3, -0.25) is 9.59 Å². The first-order valence-corrected chi connectivity index (χ1v) is 5.27. The van der Waals surface area contributed by atoms with Gasteiger partial charge in [0, 0.05) is 12.5 Å². The number of aliphatic hydroxyl groups is 1. The molecule has 2 saturated carbocycles. The van der Waals surface area contributed by atoms with Crippen LogP contribution in [0.1, 0.15) is 32.6 Å². The van der Waals surface area contributed by atoms with Gasteiger partial charge in [0.15, 0.2) is 0 Å². The highest BCUT2D eigenvalue weighted by Gasteiger charge is 2.46. The second-order valence-corrected chi connectivity index (χ2v) is 4.50. The fourth-order valence-corrected chi connectivity index (χ4v) is 0.667. The molecule has 0 aromatic rings. The van der Waals surface area contributed by atoms with Gasteiger partial charge in [0.2, 0.25) is 0 Å². The second kappa shape index (κ2) is 5.95. The average Bonchev–Trinajstić information content (AvgIpc) is 3.08. The summed E-state index contributed by atoms with van der Waals surface area (Å²) in [4.78, 5) is 19.0. The molecule has 7 heteroatoms. The predicted molar refractivity (Wildman–Crippen MR) is 60.3 cm³/mol. The van der Waals surface area contributed by atoms with Gasteiger partial charge in [-0.2, -0.15) is 0 Å². The maximum absolute atomic E-state index is 9.96. The van der Waals surface area contributed by atoms with Crippen LogP contribution in [0.3, 0.4) is 0 Å². The molecule has 0 spiro atoms. The van der Waals surface area contributed by atoms with Crippen molar-refractivity contribution in [3.05, 3.63) is 0 Å². The smallest absolute Gasteiger partial charge is 0.323 e. The van der Waals surface area contributed by atoms with E-state index in [1.807, 2.05) is 0 Å². The molecule has 7 N–H and O–H groups in total. The van der Waals surface area contributed by atoms with Gasteiger partial charge in [-0.15, -0.1) is 0 Å². The van der Waals surface area contributed by atoms with Gasteiger partial charge in [-0.1, -0.05) is 0 Å². The van der Waals surface area contributed by atoms with E-state index in [1.165, 1.54) is 0 Å². The predicted octanol–water partition coefficient (Wildman–Crippen LogP) is -0.877. The molecule has 0 saturated heterocycles. The fraction of sp³-hybridized carbons (Fsp3) is 0.800. The molecule has 0 heterocycles. The Labute approximate surface area is 99.4 Å². The molecule has 2 aliphatic carbocycles. The molecule has 0 bridgehead atoms. The monoisotopic (exact) mass is 248 g/mol. The van der Waals surface area contributed by atoms with Crippen molar-refractivity contribution in [3.8, 4) is 0 Å². The molecule has 2 rings (SSSR count). The number of nitrogens with two attached hydrogens (primary N) is 2. The molecule has 17 heavy (non-hydrogen) atoms. The third-order valence-corrected chi connectivity index (χ3v) is 2.42. The highest BCUT2D eigenvalue weighted by molar-refractivity contribution is 5.81. The van der Waals surface area contributed by atoms with E-state index in [9.17, 15) is 4.79 Å². The standard InChI is InChI=1S/C4H7NO2.C4H9NO.C2H4O2/c5-4(1-2-4)3(6)7;5-4(3-6)1-2-4;1-2(3)4/h1-2,5H2,(H,6,7);6H,1-3,5H2;1H3,(H,3,4). The zero-order valence-electron chi connectivity index (χ0n) is 9.85. The summed E-state index contributed by atoms with van der Waals surface area (Å²) in [6.07, 6.45) is 3.29. The zero-order valence-corrected chi connectivity index (χ0v) is 9.85. The van der Waals surface area contributed by atoms with Gasteiger partial charge in [-0.05, 0) is 25.7 Å². The molecule has 0 aromatic heterocycles. The van der Waals surface area contributed by atoms with E-state index < -0.39 is 17.5 Å². The van der Waals surface area contributed by atoms with Crippen molar-refractivity contribution in [1.29, 1.82) is 0 Å². The normalized spacial score (nSPS) is 20.9. The van der Waals surface area contributed by atoms with Crippen LogP contribution in [0.15, 0.2) is 0 Å². The lowest BCUT2D eigenvalue weighted by atomic mass is 10.3. The minimum atomic E-state index is -0.868. The Morgan fingerprint density at radius 2 is 1.47 bits per heavy atom. The highest BCUT2D eigenvalue weighted by Crippen LogP contribution is 2.31. The summed E-state index contributed by atoms with van der Waals surface area (Å²) < 4.78 is 0. The van der Waals surface area contributed by atoms with Crippen molar-refractivity contribution >= 4 is 11.9 Å². The fourth-order valence-electron chi connectivity index (χ4n) is 0.667. The van der Waals surface area contributed by atoms with Crippen LogP contribution in [0.5, 0.6) is 0 Å². The van der Waals surface area contributed by atoms with E-state index in [1.54, 1.807) is 0 Å². The largest absolute Gasteiger partial charge is 0.481 e. The number of hydrogen-bond donors (Lipinski definition) is 5. The Morgan fingerprint density at radius 3 is 1.47 bits per heavy atom. The summed E-state index contributed by atoms with van der Waals surface area (Å²) in [6, 6.07) is 0. The van der Waals surface area contributed by atoms with Gasteiger partial charge in [-0.25, -0.2) is 0 Å². The van der Waals surface area contributed by atoms with Crippen LogP contribution in [0.4, 0.5) is 0 Å². The average molecular weight is 248 g/mol. The summed E-state index contributed by atoms with van der Waals surface area (Å²) in [5, 5.41) is 23.9. The quantitative estimate of drug-likeness (QED) is 0.426. The van der Waals surface area contributed by atoms with E-state index in [0.717, 1.165) is 19.8 Å². The number of carboxylic acid groups (broad SMARTS) is 2. The maximum Gasteiger partial charge on any atom is 0.323 e. The number of aliphatic hydroxyl groups excluding tert-OH is 1. The number of carbonyl (C=O) groups is 2. The van der Waals surface area contributed by atoms with Gasteiger partial charge < -0.3 is 26.8 Å². The lowest BCUT2D eigenvalue weighted by molar-refractivity contribution is -0.139. The van der Waals surface area contributed by atoms with Crippen LogP contribution in [0.2, 0.25) is 0 Å². The van der Waals surface area contributed by atoms with Crippen LogP contribution in [0.25, 0.3) is 0 Å². The lowest BCUT2D eigenvalue weighted by Crippen LogP contribution is -2.31. The summed E-state index contributed by atoms with van der Waals surface area (Å²) in [6.45, 7) is 1.24. The maximum atomic E-state index is 9.96. The van der Waals surface area contributed by atoms with Crippen molar-refractivity contribution in [1.82, 2.24) is 0 Å². The van der Waals surface area contributed by atoms with E-state index in [4.69, 9.17) is 31.6 Å². The van der Waals surface area contributed by atoms with Gasteiger partial charge >= 0.3 is 5.97 Å². The molecule has 2 aliphatic rings. The molecule has 0 aliphatic heterocycles. The summed E-state index contributed by atoms with van der Waals surface area (Å²) in [5.74, 6) is -1.70. The van der Waals surface area contributed by atoms with Crippen LogP contribution in [-0.4, -0.2) is 44.9 Å². The molecule has 7 nitrogen and oxygen atoms in total. The first-order chi connectivity index (χ1) is 7.65. The van der Waals surface area contributed by atoms with Crippen LogP contribution < -0.4 is 11.5 Å². The number of aliphatic carboxylic acids is 2. The third-order valence-electron chi connectivity index (χ3n) is 2.42. The number of hydrogen-bond acceptors (Lipinski definition) is 5. The lowest BCUT2D eigenvalue weighted by Gasteiger charge is -1.97. The summed E-state index contributed by atoms with van der Waals surface area (Å²) >= 11 is 0. The van der Waals surface area contributed by atoms with Crippen molar-refractivity contribution in [2.24, 2.45) is 11.5 Å².